The maximum atomic E-state index is 12.3. The number of esters is 1. The average molecular weight is 296 g/mol. The molecular formula is C17H32N2O2. The molecule has 4 atom stereocenters. The third-order valence-electron chi connectivity index (χ3n) is 5.66. The van der Waals surface area contributed by atoms with Crippen LogP contribution in [0.1, 0.15) is 52.9 Å². The van der Waals surface area contributed by atoms with Gasteiger partial charge < -0.3 is 15.0 Å². The molecule has 0 radical (unpaired) electrons. The van der Waals surface area contributed by atoms with Crippen molar-refractivity contribution in [1.82, 2.24) is 10.2 Å². The molecule has 21 heavy (non-hydrogen) atoms. The van der Waals surface area contributed by atoms with Crippen LogP contribution in [0.2, 0.25) is 0 Å². The van der Waals surface area contributed by atoms with Crippen LogP contribution in [0, 0.1) is 11.8 Å². The van der Waals surface area contributed by atoms with Gasteiger partial charge in [0.15, 0.2) is 0 Å². The highest BCUT2D eigenvalue weighted by molar-refractivity contribution is 5.81. The van der Waals surface area contributed by atoms with Crippen molar-refractivity contribution in [3.05, 3.63) is 0 Å². The highest BCUT2D eigenvalue weighted by Gasteiger charge is 2.47. The zero-order valence-corrected chi connectivity index (χ0v) is 14.2. The van der Waals surface area contributed by atoms with E-state index >= 15 is 0 Å². The van der Waals surface area contributed by atoms with Gasteiger partial charge in [0, 0.05) is 12.6 Å². The van der Waals surface area contributed by atoms with Crippen LogP contribution >= 0.6 is 0 Å². The van der Waals surface area contributed by atoms with Crippen molar-refractivity contribution in [2.24, 2.45) is 11.8 Å². The van der Waals surface area contributed by atoms with Gasteiger partial charge in [-0.2, -0.15) is 0 Å². The van der Waals surface area contributed by atoms with E-state index in [0.717, 1.165) is 44.1 Å². The van der Waals surface area contributed by atoms with Crippen molar-refractivity contribution >= 4 is 5.97 Å². The Morgan fingerprint density at radius 3 is 2.71 bits per heavy atom. The average Bonchev–Trinajstić information content (AvgIpc) is 2.93. The third-order valence-corrected chi connectivity index (χ3v) is 5.66. The summed E-state index contributed by atoms with van der Waals surface area (Å²) in [6, 6.07) is 0.531. The number of ether oxygens (including phenoxy) is 1. The van der Waals surface area contributed by atoms with Gasteiger partial charge in [-0.1, -0.05) is 20.8 Å². The van der Waals surface area contributed by atoms with E-state index in [-0.39, 0.29) is 5.97 Å². The summed E-state index contributed by atoms with van der Waals surface area (Å²) in [7, 11) is 1.51. The second-order valence-corrected chi connectivity index (χ2v) is 7.14. The minimum Gasteiger partial charge on any atom is -0.468 e. The SMILES string of the molecule is CCCNC1(C(=O)OC)CCC(N2CCC(C)C(C)C2)C1. The molecule has 0 amide bonds. The Labute approximate surface area is 129 Å². The van der Waals surface area contributed by atoms with Gasteiger partial charge in [-0.05, 0) is 57.0 Å². The summed E-state index contributed by atoms with van der Waals surface area (Å²) >= 11 is 0. The molecule has 0 spiro atoms. The highest BCUT2D eigenvalue weighted by Crippen LogP contribution is 2.36. The Balaban J connectivity index is 2.00. The number of methoxy groups -OCH3 is 1. The Morgan fingerprint density at radius 2 is 2.10 bits per heavy atom. The lowest BCUT2D eigenvalue weighted by Crippen LogP contribution is -2.53. The number of nitrogens with zero attached hydrogens (tertiary/aromatic N) is 1. The van der Waals surface area contributed by atoms with Crippen molar-refractivity contribution < 1.29 is 9.53 Å². The van der Waals surface area contributed by atoms with E-state index in [2.05, 4.69) is 31.0 Å². The summed E-state index contributed by atoms with van der Waals surface area (Å²) < 4.78 is 5.09. The summed E-state index contributed by atoms with van der Waals surface area (Å²) in [4.78, 5) is 14.9. The second kappa shape index (κ2) is 7.10. The summed E-state index contributed by atoms with van der Waals surface area (Å²) in [5.74, 6) is 1.51. The predicted octanol–water partition coefficient (Wildman–Crippen LogP) is 2.43. The normalized spacial score (nSPS) is 37.6. The third kappa shape index (κ3) is 3.59. The van der Waals surface area contributed by atoms with E-state index in [1.165, 1.54) is 26.6 Å². The number of carbonyl (C=O) groups excluding carboxylic acids is 1. The lowest BCUT2D eigenvalue weighted by atomic mass is 9.87. The molecule has 1 saturated carbocycles. The van der Waals surface area contributed by atoms with Crippen LogP contribution in [0.15, 0.2) is 0 Å². The Hall–Kier alpha value is -0.610. The first kappa shape index (κ1) is 16.8. The van der Waals surface area contributed by atoms with Gasteiger partial charge in [0.2, 0.25) is 0 Å². The summed E-state index contributed by atoms with van der Waals surface area (Å²) in [5, 5.41) is 3.48. The van der Waals surface area contributed by atoms with Crippen LogP contribution < -0.4 is 5.32 Å². The van der Waals surface area contributed by atoms with Gasteiger partial charge >= 0.3 is 5.97 Å². The van der Waals surface area contributed by atoms with Crippen LogP contribution in [0.25, 0.3) is 0 Å². The molecule has 0 bridgehead atoms. The van der Waals surface area contributed by atoms with Gasteiger partial charge in [-0.15, -0.1) is 0 Å². The molecule has 2 rings (SSSR count). The molecular weight excluding hydrogens is 264 g/mol. The van der Waals surface area contributed by atoms with Crippen molar-refractivity contribution in [2.75, 3.05) is 26.7 Å². The minimum absolute atomic E-state index is 0.0723. The lowest BCUT2D eigenvalue weighted by Gasteiger charge is -2.39. The molecule has 0 aromatic carbocycles. The van der Waals surface area contributed by atoms with E-state index in [0.29, 0.717) is 6.04 Å². The molecule has 0 aromatic heterocycles. The van der Waals surface area contributed by atoms with E-state index in [1.807, 2.05) is 0 Å². The first-order valence-corrected chi connectivity index (χ1v) is 8.60. The van der Waals surface area contributed by atoms with Crippen LogP contribution in [0.5, 0.6) is 0 Å². The molecule has 1 saturated heterocycles. The van der Waals surface area contributed by atoms with Crippen molar-refractivity contribution in [3.63, 3.8) is 0 Å². The van der Waals surface area contributed by atoms with E-state index < -0.39 is 5.54 Å². The van der Waals surface area contributed by atoms with Gasteiger partial charge in [0.05, 0.1) is 7.11 Å². The van der Waals surface area contributed by atoms with Crippen LogP contribution in [0.4, 0.5) is 0 Å². The van der Waals surface area contributed by atoms with Crippen molar-refractivity contribution in [3.8, 4) is 0 Å². The Morgan fingerprint density at radius 1 is 1.33 bits per heavy atom. The van der Waals surface area contributed by atoms with E-state index in [9.17, 15) is 4.79 Å². The van der Waals surface area contributed by atoms with Gasteiger partial charge in [0.1, 0.15) is 5.54 Å². The number of carbonyl (C=O) groups is 1. The molecule has 1 N–H and O–H groups in total. The topological polar surface area (TPSA) is 41.6 Å². The first-order chi connectivity index (χ1) is 10.0. The van der Waals surface area contributed by atoms with Gasteiger partial charge in [-0.3, -0.25) is 4.79 Å². The molecule has 1 heterocycles. The quantitative estimate of drug-likeness (QED) is 0.791. The molecule has 4 heteroatoms. The minimum atomic E-state index is -0.443. The predicted molar refractivity (Wildman–Crippen MR) is 85.2 cm³/mol. The highest BCUT2D eigenvalue weighted by atomic mass is 16.5. The number of nitrogens with one attached hydrogen (secondary N) is 1. The van der Waals surface area contributed by atoms with Crippen LogP contribution in [0.3, 0.4) is 0 Å². The number of likely N-dealkylation sites (tertiary alicyclic amines) is 1. The largest absolute Gasteiger partial charge is 0.468 e. The molecule has 2 aliphatic rings. The Bertz CT molecular complexity index is 361. The van der Waals surface area contributed by atoms with Crippen LogP contribution in [-0.2, 0) is 9.53 Å². The maximum absolute atomic E-state index is 12.3. The smallest absolute Gasteiger partial charge is 0.326 e. The number of rotatable bonds is 5. The fraction of sp³-hybridized carbons (Fsp3) is 0.941. The van der Waals surface area contributed by atoms with E-state index in [4.69, 9.17) is 4.74 Å². The van der Waals surface area contributed by atoms with E-state index in [1.54, 1.807) is 0 Å². The second-order valence-electron chi connectivity index (χ2n) is 7.14. The zero-order chi connectivity index (χ0) is 15.5. The standard InChI is InChI=1S/C17H32N2O2/c1-5-9-18-17(16(20)21-4)8-6-15(11-17)19-10-7-13(2)14(3)12-19/h13-15,18H,5-12H2,1-4H3. The number of piperidine rings is 1. The molecule has 4 nitrogen and oxygen atoms in total. The fourth-order valence-electron chi connectivity index (χ4n) is 3.94. The summed E-state index contributed by atoms with van der Waals surface area (Å²) in [6.45, 7) is 10.1. The molecule has 0 aromatic rings. The molecule has 4 unspecified atom stereocenters. The number of hydrogen-bond donors (Lipinski definition) is 1. The summed E-state index contributed by atoms with van der Waals surface area (Å²) in [5.41, 5.74) is -0.443. The number of hydrogen-bond acceptors (Lipinski definition) is 4. The molecule has 1 aliphatic heterocycles. The van der Waals surface area contributed by atoms with Gasteiger partial charge in [-0.25, -0.2) is 0 Å². The fourth-order valence-corrected chi connectivity index (χ4v) is 3.94. The van der Waals surface area contributed by atoms with Crippen molar-refractivity contribution in [2.45, 2.75) is 64.5 Å². The first-order valence-electron chi connectivity index (χ1n) is 8.60. The van der Waals surface area contributed by atoms with Crippen LogP contribution in [-0.4, -0.2) is 49.2 Å². The maximum Gasteiger partial charge on any atom is 0.326 e. The zero-order valence-electron chi connectivity index (χ0n) is 14.2. The Kier molecular flexibility index (Phi) is 5.67. The monoisotopic (exact) mass is 296 g/mol. The van der Waals surface area contributed by atoms with Gasteiger partial charge in [0.25, 0.3) is 0 Å². The molecule has 122 valence electrons. The van der Waals surface area contributed by atoms with Crippen molar-refractivity contribution in [1.29, 1.82) is 0 Å². The molecule has 1 aliphatic carbocycles. The summed E-state index contributed by atoms with van der Waals surface area (Å²) in [6.07, 6.45) is 5.24. The molecule has 2 fully saturated rings. The lowest BCUT2D eigenvalue weighted by molar-refractivity contribution is -0.148.